The maximum absolute atomic E-state index is 5.67. The molecular weight excluding hydrogens is 212 g/mol. The van der Waals surface area contributed by atoms with Gasteiger partial charge in [0.15, 0.2) is 6.61 Å². The van der Waals surface area contributed by atoms with E-state index in [0.29, 0.717) is 6.61 Å². The molecule has 0 aliphatic rings. The standard InChI is InChI=1S/C14H17N2O/c1-15(2)14-9-6-10-16(11-14)17-12-13-7-4-3-5-8-13/h3-11H,12H2,1-2H3/q+1. The molecule has 0 amide bonds. The summed E-state index contributed by atoms with van der Waals surface area (Å²) in [5, 5.41) is 0. The van der Waals surface area contributed by atoms with Gasteiger partial charge in [-0.2, -0.15) is 0 Å². The summed E-state index contributed by atoms with van der Waals surface area (Å²) in [6.45, 7) is 0.572. The fourth-order valence-corrected chi connectivity index (χ4v) is 1.51. The molecule has 0 spiro atoms. The quantitative estimate of drug-likeness (QED) is 0.741. The van der Waals surface area contributed by atoms with Crippen molar-refractivity contribution in [3.05, 3.63) is 60.4 Å². The summed E-state index contributed by atoms with van der Waals surface area (Å²) in [5.41, 5.74) is 2.27. The van der Waals surface area contributed by atoms with E-state index in [1.54, 1.807) is 4.73 Å². The van der Waals surface area contributed by atoms with Gasteiger partial charge in [-0.1, -0.05) is 30.3 Å². The first-order valence-corrected chi connectivity index (χ1v) is 5.61. The first-order valence-electron chi connectivity index (χ1n) is 5.61. The van der Waals surface area contributed by atoms with Gasteiger partial charge >= 0.3 is 0 Å². The lowest BCUT2D eigenvalue weighted by Gasteiger charge is -2.09. The van der Waals surface area contributed by atoms with Crippen molar-refractivity contribution in [2.45, 2.75) is 6.61 Å². The number of hydrogen-bond donors (Lipinski definition) is 0. The van der Waals surface area contributed by atoms with Gasteiger partial charge in [0, 0.05) is 24.9 Å². The van der Waals surface area contributed by atoms with Crippen molar-refractivity contribution in [1.82, 2.24) is 0 Å². The minimum Gasteiger partial charge on any atom is -0.373 e. The van der Waals surface area contributed by atoms with Gasteiger partial charge in [0.2, 0.25) is 12.4 Å². The molecule has 17 heavy (non-hydrogen) atoms. The van der Waals surface area contributed by atoms with E-state index >= 15 is 0 Å². The zero-order valence-corrected chi connectivity index (χ0v) is 10.2. The predicted octanol–water partition coefficient (Wildman–Crippen LogP) is 1.67. The van der Waals surface area contributed by atoms with Gasteiger partial charge in [-0.05, 0) is 11.6 Å². The zero-order chi connectivity index (χ0) is 12.1. The number of rotatable bonds is 4. The molecule has 1 aromatic heterocycles. The second-order valence-corrected chi connectivity index (χ2v) is 4.08. The second-order valence-electron chi connectivity index (χ2n) is 4.08. The Labute approximate surface area is 102 Å². The molecule has 3 heteroatoms. The molecule has 0 atom stereocenters. The summed E-state index contributed by atoms with van der Waals surface area (Å²) < 4.78 is 1.74. The monoisotopic (exact) mass is 229 g/mol. The van der Waals surface area contributed by atoms with E-state index in [9.17, 15) is 0 Å². The molecule has 0 aliphatic heterocycles. The maximum Gasteiger partial charge on any atom is 0.245 e. The number of nitrogens with zero attached hydrogens (tertiary/aromatic N) is 2. The Morgan fingerprint density at radius 1 is 1.06 bits per heavy atom. The molecule has 0 fully saturated rings. The van der Waals surface area contributed by atoms with Crippen LogP contribution in [0.15, 0.2) is 54.9 Å². The van der Waals surface area contributed by atoms with Crippen LogP contribution in [0.5, 0.6) is 0 Å². The molecule has 0 unspecified atom stereocenters. The average molecular weight is 229 g/mol. The van der Waals surface area contributed by atoms with E-state index in [0.717, 1.165) is 11.3 Å². The molecule has 88 valence electrons. The van der Waals surface area contributed by atoms with E-state index in [-0.39, 0.29) is 0 Å². The molecule has 0 bridgehead atoms. The topological polar surface area (TPSA) is 16.4 Å². The van der Waals surface area contributed by atoms with Crippen molar-refractivity contribution in [1.29, 1.82) is 0 Å². The normalized spacial score (nSPS) is 10.0. The summed E-state index contributed by atoms with van der Waals surface area (Å²) in [6, 6.07) is 14.2. The fraction of sp³-hybridized carbons (Fsp3) is 0.214. The Morgan fingerprint density at radius 2 is 1.82 bits per heavy atom. The highest BCUT2D eigenvalue weighted by Gasteiger charge is 2.05. The van der Waals surface area contributed by atoms with Crippen molar-refractivity contribution < 1.29 is 9.57 Å². The van der Waals surface area contributed by atoms with Gasteiger partial charge in [0.05, 0.1) is 0 Å². The van der Waals surface area contributed by atoms with Crippen molar-refractivity contribution in [2.24, 2.45) is 0 Å². The van der Waals surface area contributed by atoms with Crippen LogP contribution in [0, 0.1) is 0 Å². The Morgan fingerprint density at radius 3 is 2.53 bits per heavy atom. The van der Waals surface area contributed by atoms with E-state index in [1.807, 2.05) is 61.7 Å². The third-order valence-corrected chi connectivity index (χ3v) is 2.50. The van der Waals surface area contributed by atoms with E-state index in [2.05, 4.69) is 12.1 Å². The summed E-state index contributed by atoms with van der Waals surface area (Å²) in [6.07, 6.45) is 3.86. The van der Waals surface area contributed by atoms with Gasteiger partial charge in [0.25, 0.3) is 0 Å². The van der Waals surface area contributed by atoms with Crippen LogP contribution < -0.4 is 14.5 Å². The molecule has 0 N–H and O–H groups in total. The number of pyridine rings is 1. The molecule has 0 aliphatic carbocycles. The van der Waals surface area contributed by atoms with Gasteiger partial charge in [0.1, 0.15) is 5.69 Å². The van der Waals surface area contributed by atoms with Crippen LogP contribution >= 0.6 is 0 Å². The highest BCUT2D eigenvalue weighted by atomic mass is 16.7. The summed E-state index contributed by atoms with van der Waals surface area (Å²) in [7, 11) is 4.02. The summed E-state index contributed by atoms with van der Waals surface area (Å²) >= 11 is 0. The van der Waals surface area contributed by atoms with Gasteiger partial charge in [-0.15, -0.1) is 0 Å². The molecule has 0 radical (unpaired) electrons. The first-order chi connectivity index (χ1) is 8.25. The van der Waals surface area contributed by atoms with Crippen molar-refractivity contribution in [3.8, 4) is 0 Å². The van der Waals surface area contributed by atoms with Gasteiger partial charge < -0.3 is 4.90 Å². The summed E-state index contributed by atoms with van der Waals surface area (Å²) in [4.78, 5) is 7.72. The molecular formula is C14H17N2O+. The van der Waals surface area contributed by atoms with Crippen LogP contribution in [0.3, 0.4) is 0 Å². The van der Waals surface area contributed by atoms with E-state index in [1.165, 1.54) is 0 Å². The number of benzene rings is 1. The molecule has 0 saturated carbocycles. The van der Waals surface area contributed by atoms with Gasteiger partial charge in [-0.3, -0.25) is 4.84 Å². The number of hydrogen-bond acceptors (Lipinski definition) is 2. The van der Waals surface area contributed by atoms with Crippen LogP contribution in [0.1, 0.15) is 5.56 Å². The highest BCUT2D eigenvalue weighted by Crippen LogP contribution is 2.05. The van der Waals surface area contributed by atoms with Crippen LogP contribution in [0.4, 0.5) is 5.69 Å². The molecule has 1 aromatic carbocycles. The Kier molecular flexibility index (Phi) is 3.60. The minimum absolute atomic E-state index is 0.572. The van der Waals surface area contributed by atoms with Crippen molar-refractivity contribution in [2.75, 3.05) is 19.0 Å². The SMILES string of the molecule is CN(C)c1ccc[n+](OCc2ccccc2)c1. The van der Waals surface area contributed by atoms with Crippen LogP contribution in [0.2, 0.25) is 0 Å². The van der Waals surface area contributed by atoms with E-state index in [4.69, 9.17) is 4.84 Å². The van der Waals surface area contributed by atoms with E-state index < -0.39 is 0 Å². The first kappa shape index (κ1) is 11.5. The third kappa shape index (κ3) is 3.21. The average Bonchev–Trinajstić information content (AvgIpc) is 2.38. The van der Waals surface area contributed by atoms with Gasteiger partial charge in [-0.25, -0.2) is 0 Å². The fourth-order valence-electron chi connectivity index (χ4n) is 1.51. The molecule has 2 aromatic rings. The Bertz CT molecular complexity index is 469. The molecule has 1 heterocycles. The lowest BCUT2D eigenvalue weighted by molar-refractivity contribution is -0.895. The van der Waals surface area contributed by atoms with Crippen LogP contribution in [-0.2, 0) is 6.61 Å². The zero-order valence-electron chi connectivity index (χ0n) is 10.2. The predicted molar refractivity (Wildman–Crippen MR) is 67.7 cm³/mol. The third-order valence-electron chi connectivity index (χ3n) is 2.50. The maximum atomic E-state index is 5.67. The second kappa shape index (κ2) is 5.34. The van der Waals surface area contributed by atoms with Crippen molar-refractivity contribution in [3.63, 3.8) is 0 Å². The largest absolute Gasteiger partial charge is 0.373 e. The van der Waals surface area contributed by atoms with Crippen LogP contribution in [-0.4, -0.2) is 14.1 Å². The highest BCUT2D eigenvalue weighted by molar-refractivity contribution is 5.39. The minimum atomic E-state index is 0.572. The molecule has 0 saturated heterocycles. The molecule has 2 rings (SSSR count). The number of anilines is 1. The smallest absolute Gasteiger partial charge is 0.245 e. The van der Waals surface area contributed by atoms with Crippen molar-refractivity contribution >= 4 is 5.69 Å². The lowest BCUT2D eigenvalue weighted by atomic mass is 10.2. The van der Waals surface area contributed by atoms with Crippen LogP contribution in [0.25, 0.3) is 0 Å². The Balaban J connectivity index is 2.02. The summed E-state index contributed by atoms with van der Waals surface area (Å²) in [5.74, 6) is 0. The molecule has 3 nitrogen and oxygen atoms in total. The lowest BCUT2D eigenvalue weighted by Crippen LogP contribution is -2.42. The number of aromatic nitrogens is 1. The Hall–Kier alpha value is -2.03.